The topological polar surface area (TPSA) is 448 Å². The number of carboxylic acids is 5. The second-order valence-corrected chi connectivity index (χ2v) is 11.6. The maximum Gasteiger partial charge on any atom is 0.327 e. The third-order valence-corrected chi connectivity index (χ3v) is 6.53. The zero-order chi connectivity index (χ0) is 48.2. The zero-order valence-corrected chi connectivity index (χ0v) is 32.7. The van der Waals surface area contributed by atoms with Crippen LogP contribution in [-0.2, 0) is 33.4 Å². The minimum atomic E-state index is -1.16. The van der Waals surface area contributed by atoms with Crippen molar-refractivity contribution >= 4 is 29.8 Å². The van der Waals surface area contributed by atoms with Gasteiger partial charge in [0, 0.05) is 30.4 Å². The van der Waals surface area contributed by atoms with E-state index in [1.165, 1.54) is 0 Å². The molecule has 0 fully saturated rings. The van der Waals surface area contributed by atoms with Crippen molar-refractivity contribution in [3.63, 3.8) is 0 Å². The summed E-state index contributed by atoms with van der Waals surface area (Å²) in [7, 11) is 0. The molecule has 0 unspecified atom stereocenters. The van der Waals surface area contributed by atoms with Gasteiger partial charge in [0.15, 0.2) is 0 Å². The Hall–Kier alpha value is -4.51. The molecule has 59 heavy (non-hydrogen) atoms. The van der Waals surface area contributed by atoms with Gasteiger partial charge in [0.2, 0.25) is 0 Å². The van der Waals surface area contributed by atoms with E-state index in [2.05, 4.69) is 32.9 Å². The van der Waals surface area contributed by atoms with E-state index in [1.54, 1.807) is 0 Å². The van der Waals surface area contributed by atoms with Gasteiger partial charge >= 0.3 is 29.8 Å². The van der Waals surface area contributed by atoms with E-state index in [4.69, 9.17) is 96.3 Å². The molecule has 0 bridgehead atoms. The summed E-state index contributed by atoms with van der Waals surface area (Å²) in [6.45, 7) is 8.79. The number of aliphatic hydroxyl groups is 12. The second kappa shape index (κ2) is 44.6. The molecule has 348 valence electrons. The molecule has 0 aliphatic rings. The summed E-state index contributed by atoms with van der Waals surface area (Å²) < 4.78 is 10.3. The van der Waals surface area contributed by atoms with Crippen LogP contribution in [0.3, 0.4) is 0 Å². The summed E-state index contributed by atoms with van der Waals surface area (Å²) in [5.74, 6) is -4.91. The van der Waals surface area contributed by atoms with E-state index >= 15 is 0 Å². The molecule has 0 aromatic rings. The predicted octanol–water partition coefficient (Wildman–Crippen LogP) is -4.86. The molecule has 0 heterocycles. The highest BCUT2D eigenvalue weighted by Crippen LogP contribution is 2.21. The minimum absolute atomic E-state index is 0.141. The van der Waals surface area contributed by atoms with Gasteiger partial charge in [-0.1, -0.05) is 32.9 Å². The van der Waals surface area contributed by atoms with E-state index in [1.807, 2.05) is 0 Å². The van der Waals surface area contributed by atoms with E-state index < -0.39 is 131 Å². The summed E-state index contributed by atoms with van der Waals surface area (Å²) in [6.07, 6.45) is 4.17. The fourth-order valence-electron chi connectivity index (χ4n) is 2.12. The SMILES string of the molecule is C=CC(=O)O.C=CC(=O)O.C=CC(=O)O.C=CC(=O)O.C=CC(=O)O.OCC(CO)(CO)COCC(CO)(CO)CO.OCC(CO)(CO)COCC(CO)(CO)CO. The number of aliphatic hydroxyl groups excluding tert-OH is 12. The molecule has 0 amide bonds. The Labute approximate surface area is 340 Å². The van der Waals surface area contributed by atoms with Crippen LogP contribution in [0.5, 0.6) is 0 Å². The van der Waals surface area contributed by atoms with Gasteiger partial charge in [-0.05, 0) is 0 Å². The van der Waals surface area contributed by atoms with Crippen LogP contribution in [0.15, 0.2) is 63.3 Å². The lowest BCUT2D eigenvalue weighted by Crippen LogP contribution is -2.43. The summed E-state index contributed by atoms with van der Waals surface area (Å²) in [5.41, 5.74) is -4.64. The van der Waals surface area contributed by atoms with Crippen LogP contribution < -0.4 is 0 Å². The van der Waals surface area contributed by atoms with E-state index in [9.17, 15) is 24.0 Å². The van der Waals surface area contributed by atoms with Crippen molar-refractivity contribution in [2.45, 2.75) is 0 Å². The lowest BCUT2D eigenvalue weighted by Gasteiger charge is -2.31. The summed E-state index contributed by atoms with van der Waals surface area (Å²) in [6, 6.07) is 0. The molecular weight excluding hydrogens is 804 g/mol. The number of hydrogen-bond acceptors (Lipinski definition) is 19. The Balaban J connectivity index is -0.000000118. The summed E-state index contributed by atoms with van der Waals surface area (Å²) >= 11 is 0. The Morgan fingerprint density at radius 1 is 0.305 bits per heavy atom. The van der Waals surface area contributed by atoms with E-state index in [0.29, 0.717) is 0 Å². The Bertz CT molecular complexity index is 905. The van der Waals surface area contributed by atoms with Crippen molar-refractivity contribution in [1.82, 2.24) is 0 Å². The van der Waals surface area contributed by atoms with Crippen LogP contribution in [-0.4, -0.2) is 222 Å². The quantitative estimate of drug-likeness (QED) is 0.0383. The highest BCUT2D eigenvalue weighted by molar-refractivity contribution is 5.80. The normalized spacial score (nSPS) is 10.2. The number of carbonyl (C=O) groups is 5. The second-order valence-electron chi connectivity index (χ2n) is 11.6. The Morgan fingerprint density at radius 2 is 0.390 bits per heavy atom. The molecule has 0 atom stereocenters. The Kier molecular flexibility index (Phi) is 52.2. The number of aliphatic carboxylic acids is 5. The van der Waals surface area contributed by atoms with Crippen LogP contribution in [0.2, 0.25) is 0 Å². The van der Waals surface area contributed by atoms with Gasteiger partial charge in [0.25, 0.3) is 0 Å². The van der Waals surface area contributed by atoms with Gasteiger partial charge < -0.3 is 96.3 Å². The average Bonchev–Trinajstić information content (AvgIpc) is 3.26. The van der Waals surface area contributed by atoms with Crippen molar-refractivity contribution in [3.05, 3.63) is 63.3 Å². The first-order valence-electron chi connectivity index (χ1n) is 16.2. The van der Waals surface area contributed by atoms with Gasteiger partial charge in [0.1, 0.15) is 0 Å². The van der Waals surface area contributed by atoms with Crippen LogP contribution in [0.1, 0.15) is 0 Å². The third kappa shape index (κ3) is 42.9. The van der Waals surface area contributed by atoms with Crippen molar-refractivity contribution in [1.29, 1.82) is 0 Å². The molecule has 0 aromatic heterocycles. The maximum absolute atomic E-state index is 9.25. The lowest BCUT2D eigenvalue weighted by atomic mass is 9.91. The fourth-order valence-corrected chi connectivity index (χ4v) is 2.12. The number of rotatable bonds is 25. The maximum atomic E-state index is 9.25. The number of ether oxygens (including phenoxy) is 2. The molecule has 0 saturated carbocycles. The first-order chi connectivity index (χ1) is 27.5. The van der Waals surface area contributed by atoms with Gasteiger partial charge in [-0.3, -0.25) is 0 Å². The predicted molar refractivity (Wildman–Crippen MR) is 206 cm³/mol. The first-order valence-corrected chi connectivity index (χ1v) is 16.2. The lowest BCUT2D eigenvalue weighted by molar-refractivity contribution is -0.132. The van der Waals surface area contributed by atoms with Crippen LogP contribution >= 0.6 is 0 Å². The highest BCUT2D eigenvalue weighted by Gasteiger charge is 2.34. The van der Waals surface area contributed by atoms with Gasteiger partial charge in [-0.2, -0.15) is 0 Å². The molecule has 0 aliphatic heterocycles. The number of carboxylic acid groups (broad SMARTS) is 5. The fraction of sp³-hybridized carbons (Fsp3) is 0.571. The minimum Gasteiger partial charge on any atom is -0.478 e. The zero-order valence-electron chi connectivity index (χ0n) is 32.7. The Morgan fingerprint density at radius 3 is 0.441 bits per heavy atom. The molecule has 0 rings (SSSR count). The molecule has 17 N–H and O–H groups in total. The smallest absolute Gasteiger partial charge is 0.327 e. The highest BCUT2D eigenvalue weighted by atomic mass is 16.5. The van der Waals surface area contributed by atoms with Gasteiger partial charge in [-0.15, -0.1) is 0 Å². The monoisotopic (exact) mass is 868 g/mol. The number of hydrogen-bond donors (Lipinski definition) is 17. The third-order valence-electron chi connectivity index (χ3n) is 6.53. The largest absolute Gasteiger partial charge is 0.478 e. The summed E-state index contributed by atoms with van der Waals surface area (Å²) in [4.78, 5) is 46.2. The summed E-state index contributed by atoms with van der Waals surface area (Å²) in [5, 5.41) is 146. The molecule has 0 radical (unpaired) electrons. The molecule has 24 heteroatoms. The van der Waals surface area contributed by atoms with Crippen LogP contribution in [0.4, 0.5) is 0 Å². The van der Waals surface area contributed by atoms with E-state index in [0.717, 1.165) is 30.4 Å². The first kappa shape index (κ1) is 69.1. The van der Waals surface area contributed by atoms with Crippen molar-refractivity contribution in [3.8, 4) is 0 Å². The molecular formula is C35H64O24. The van der Waals surface area contributed by atoms with Crippen LogP contribution in [0.25, 0.3) is 0 Å². The average molecular weight is 869 g/mol. The van der Waals surface area contributed by atoms with Gasteiger partial charge in [0.05, 0.1) is 127 Å². The molecule has 0 spiro atoms. The standard InChI is InChI=1S/2C10H22O7.5C3H4O2/c2*11-1-9(2-12,3-13)7-17-8-10(4-14,5-15)6-16;5*1-2-3(4)5/h2*11-16H,1-8H2;5*2H,1H2,(H,4,5). The van der Waals surface area contributed by atoms with Crippen molar-refractivity contribution < 1.29 is 120 Å². The van der Waals surface area contributed by atoms with Gasteiger partial charge in [-0.25, -0.2) is 24.0 Å². The molecule has 0 aromatic carbocycles. The van der Waals surface area contributed by atoms with Crippen LogP contribution in [0, 0.1) is 21.7 Å². The van der Waals surface area contributed by atoms with E-state index in [-0.39, 0.29) is 26.4 Å². The molecule has 0 saturated heterocycles. The van der Waals surface area contributed by atoms with Crippen molar-refractivity contribution in [2.75, 3.05) is 106 Å². The molecule has 0 aliphatic carbocycles. The van der Waals surface area contributed by atoms with Crippen molar-refractivity contribution in [2.24, 2.45) is 21.7 Å². The molecule has 24 nitrogen and oxygen atoms in total.